The Kier molecular flexibility index (Phi) is 4.79. The molecule has 2 aromatic carbocycles. The van der Waals surface area contributed by atoms with Crippen molar-refractivity contribution in [3.05, 3.63) is 75.9 Å². The number of carbonyl (C=O) groups is 1. The third-order valence-electron chi connectivity index (χ3n) is 3.72. The molecule has 0 saturated carbocycles. The van der Waals surface area contributed by atoms with E-state index in [1.165, 1.54) is 25.3 Å². The van der Waals surface area contributed by atoms with E-state index in [1.54, 1.807) is 30.3 Å². The van der Waals surface area contributed by atoms with Crippen LogP contribution < -0.4 is 10.4 Å². The lowest BCUT2D eigenvalue weighted by atomic mass is 10.1. The van der Waals surface area contributed by atoms with Crippen molar-refractivity contribution in [2.45, 2.75) is 13.0 Å². The highest BCUT2D eigenvalue weighted by Crippen LogP contribution is 2.23. The van der Waals surface area contributed by atoms with Gasteiger partial charge in [-0.1, -0.05) is 18.2 Å². The summed E-state index contributed by atoms with van der Waals surface area (Å²) in [7, 11) is 1.51. The number of hydrogen-bond donors (Lipinski definition) is 0. The van der Waals surface area contributed by atoms with Crippen molar-refractivity contribution in [2.75, 3.05) is 7.11 Å². The number of fused-ring (bicyclic) bond motifs is 1. The number of halogens is 1. The van der Waals surface area contributed by atoms with Crippen LogP contribution in [-0.4, -0.2) is 13.1 Å². The fourth-order valence-corrected chi connectivity index (χ4v) is 2.46. The molecule has 0 unspecified atom stereocenters. The minimum atomic E-state index is -0.583. The maximum atomic E-state index is 13.6. The van der Waals surface area contributed by atoms with E-state index in [0.29, 0.717) is 22.3 Å². The van der Waals surface area contributed by atoms with Crippen molar-refractivity contribution >= 4 is 16.9 Å². The number of hydrogen-bond acceptors (Lipinski definition) is 5. The lowest BCUT2D eigenvalue weighted by Crippen LogP contribution is -2.10. The summed E-state index contributed by atoms with van der Waals surface area (Å²) in [5.41, 5.74) is 0.554. The van der Waals surface area contributed by atoms with Gasteiger partial charge in [-0.05, 0) is 23.8 Å². The number of esters is 1. The molecular formula is C19H15FO5. The average molecular weight is 342 g/mol. The molecule has 25 heavy (non-hydrogen) atoms. The molecule has 128 valence electrons. The Balaban J connectivity index is 1.78. The summed E-state index contributed by atoms with van der Waals surface area (Å²) in [4.78, 5) is 23.6. The molecule has 1 aromatic heterocycles. The Morgan fingerprint density at radius 2 is 1.92 bits per heavy atom. The van der Waals surface area contributed by atoms with E-state index in [2.05, 4.69) is 0 Å². The van der Waals surface area contributed by atoms with Crippen molar-refractivity contribution in [2.24, 2.45) is 0 Å². The van der Waals surface area contributed by atoms with Gasteiger partial charge >= 0.3 is 11.6 Å². The Morgan fingerprint density at radius 1 is 1.12 bits per heavy atom. The zero-order valence-corrected chi connectivity index (χ0v) is 13.5. The third kappa shape index (κ3) is 3.85. The van der Waals surface area contributed by atoms with Crippen molar-refractivity contribution in [3.63, 3.8) is 0 Å². The molecule has 3 rings (SSSR count). The minimum Gasteiger partial charge on any atom is -0.497 e. The zero-order valence-electron chi connectivity index (χ0n) is 13.5. The largest absolute Gasteiger partial charge is 0.497 e. The van der Waals surface area contributed by atoms with Crippen LogP contribution >= 0.6 is 0 Å². The summed E-state index contributed by atoms with van der Waals surface area (Å²) < 4.78 is 29.0. The van der Waals surface area contributed by atoms with Gasteiger partial charge in [0.1, 0.15) is 23.8 Å². The molecule has 0 aliphatic heterocycles. The van der Waals surface area contributed by atoms with E-state index < -0.39 is 17.4 Å². The Labute approximate surface area is 142 Å². The molecule has 0 radical (unpaired) electrons. The SMILES string of the molecule is COc1ccc2c(COC(=O)Cc3ccccc3F)cc(=O)oc2c1. The second-order valence-corrected chi connectivity index (χ2v) is 5.38. The number of benzene rings is 2. The van der Waals surface area contributed by atoms with Crippen LogP contribution in [0.25, 0.3) is 11.0 Å². The molecule has 5 nitrogen and oxygen atoms in total. The molecule has 1 heterocycles. The minimum absolute atomic E-state index is 0.109. The van der Waals surface area contributed by atoms with Gasteiger partial charge in [-0.3, -0.25) is 4.79 Å². The summed E-state index contributed by atoms with van der Waals surface area (Å²) in [6, 6.07) is 12.3. The van der Waals surface area contributed by atoms with Gasteiger partial charge in [-0.2, -0.15) is 0 Å². The van der Waals surface area contributed by atoms with Gasteiger partial charge in [-0.15, -0.1) is 0 Å². The second-order valence-electron chi connectivity index (χ2n) is 5.38. The van der Waals surface area contributed by atoms with Gasteiger partial charge in [0.15, 0.2) is 0 Å². The van der Waals surface area contributed by atoms with Gasteiger partial charge < -0.3 is 13.9 Å². The molecule has 0 N–H and O–H groups in total. The van der Waals surface area contributed by atoms with Crippen LogP contribution in [0.1, 0.15) is 11.1 Å². The summed E-state index contributed by atoms with van der Waals surface area (Å²) >= 11 is 0. The molecule has 0 spiro atoms. The van der Waals surface area contributed by atoms with Crippen LogP contribution in [0.3, 0.4) is 0 Å². The molecule has 6 heteroatoms. The van der Waals surface area contributed by atoms with Crippen molar-refractivity contribution < 1.29 is 23.1 Å². The lowest BCUT2D eigenvalue weighted by Gasteiger charge is -2.08. The molecule has 0 aliphatic rings. The Bertz CT molecular complexity index is 977. The van der Waals surface area contributed by atoms with E-state index in [-0.39, 0.29) is 18.6 Å². The summed E-state index contributed by atoms with van der Waals surface area (Å²) in [5.74, 6) is -0.498. The van der Waals surface area contributed by atoms with Crippen LogP contribution in [0, 0.1) is 5.82 Å². The fraction of sp³-hybridized carbons (Fsp3) is 0.158. The number of methoxy groups -OCH3 is 1. The molecule has 0 aliphatic carbocycles. The first-order chi connectivity index (χ1) is 12.1. The quantitative estimate of drug-likeness (QED) is 0.526. The Morgan fingerprint density at radius 3 is 2.68 bits per heavy atom. The predicted molar refractivity (Wildman–Crippen MR) is 88.9 cm³/mol. The highest BCUT2D eigenvalue weighted by Gasteiger charge is 2.12. The maximum Gasteiger partial charge on any atom is 0.336 e. The molecule has 3 aromatic rings. The summed E-state index contributed by atoms with van der Waals surface area (Å²) in [6.45, 7) is -0.109. The summed E-state index contributed by atoms with van der Waals surface area (Å²) in [6.07, 6.45) is -0.181. The molecule has 0 bridgehead atoms. The molecule has 0 saturated heterocycles. The highest BCUT2D eigenvalue weighted by atomic mass is 19.1. The first-order valence-electron chi connectivity index (χ1n) is 7.56. The van der Waals surface area contributed by atoms with Gasteiger partial charge in [-0.25, -0.2) is 9.18 Å². The monoisotopic (exact) mass is 342 g/mol. The van der Waals surface area contributed by atoms with Gasteiger partial charge in [0, 0.05) is 23.1 Å². The van der Waals surface area contributed by atoms with Crippen LogP contribution in [-0.2, 0) is 22.6 Å². The Hall–Kier alpha value is -3.15. The van der Waals surface area contributed by atoms with Crippen LogP contribution in [0.15, 0.2) is 57.7 Å². The molecule has 0 fully saturated rings. The molecule has 0 amide bonds. The fourth-order valence-electron chi connectivity index (χ4n) is 2.46. The smallest absolute Gasteiger partial charge is 0.336 e. The zero-order chi connectivity index (χ0) is 17.8. The topological polar surface area (TPSA) is 65.7 Å². The van der Waals surface area contributed by atoms with Crippen molar-refractivity contribution in [1.29, 1.82) is 0 Å². The first kappa shape index (κ1) is 16.7. The van der Waals surface area contributed by atoms with Crippen molar-refractivity contribution in [1.82, 2.24) is 0 Å². The number of carbonyl (C=O) groups excluding carboxylic acids is 1. The lowest BCUT2D eigenvalue weighted by molar-refractivity contribution is -0.144. The van der Waals surface area contributed by atoms with E-state index in [4.69, 9.17) is 13.9 Å². The number of rotatable bonds is 5. The third-order valence-corrected chi connectivity index (χ3v) is 3.72. The van der Waals surface area contributed by atoms with Gasteiger partial charge in [0.25, 0.3) is 0 Å². The number of ether oxygens (including phenoxy) is 2. The van der Waals surface area contributed by atoms with Gasteiger partial charge in [0.2, 0.25) is 0 Å². The average Bonchev–Trinajstić information content (AvgIpc) is 2.61. The predicted octanol–water partition coefficient (Wildman–Crippen LogP) is 3.23. The standard InChI is InChI=1S/C19H15FO5/c1-23-14-6-7-15-13(9-19(22)25-17(15)10-14)11-24-18(21)8-12-4-2-3-5-16(12)20/h2-7,9-10H,8,11H2,1H3. The first-order valence-corrected chi connectivity index (χ1v) is 7.56. The van der Waals surface area contributed by atoms with Crippen LogP contribution in [0.2, 0.25) is 0 Å². The summed E-state index contributed by atoms with van der Waals surface area (Å²) in [5, 5.41) is 0.638. The van der Waals surface area contributed by atoms with E-state index in [9.17, 15) is 14.0 Å². The van der Waals surface area contributed by atoms with E-state index in [0.717, 1.165) is 0 Å². The van der Waals surface area contributed by atoms with Crippen LogP contribution in [0.5, 0.6) is 5.75 Å². The van der Waals surface area contributed by atoms with Crippen molar-refractivity contribution in [3.8, 4) is 5.75 Å². The van der Waals surface area contributed by atoms with Gasteiger partial charge in [0.05, 0.1) is 13.5 Å². The van der Waals surface area contributed by atoms with E-state index in [1.807, 2.05) is 0 Å². The normalized spacial score (nSPS) is 10.6. The second kappa shape index (κ2) is 7.17. The molecule has 0 atom stereocenters. The molecular weight excluding hydrogens is 327 g/mol. The van der Waals surface area contributed by atoms with Crippen LogP contribution in [0.4, 0.5) is 4.39 Å². The van der Waals surface area contributed by atoms with E-state index >= 15 is 0 Å². The maximum absolute atomic E-state index is 13.6. The highest BCUT2D eigenvalue weighted by molar-refractivity contribution is 5.82.